The molecule has 4 heteroatoms. The van der Waals surface area contributed by atoms with Crippen LogP contribution in [-0.2, 0) is 0 Å². The minimum absolute atomic E-state index is 0.220. The lowest BCUT2D eigenvalue weighted by atomic mass is 10.1. The van der Waals surface area contributed by atoms with Gasteiger partial charge in [0.15, 0.2) is 0 Å². The molecule has 3 nitrogen and oxygen atoms in total. The van der Waals surface area contributed by atoms with Gasteiger partial charge in [-0.05, 0) is 26.0 Å². The maximum atomic E-state index is 9.50. The molecule has 0 spiro atoms. The van der Waals surface area contributed by atoms with Crippen LogP contribution in [0.4, 0.5) is 0 Å². The number of aromatic hydroxyl groups is 1. The van der Waals surface area contributed by atoms with E-state index in [9.17, 15) is 5.11 Å². The highest BCUT2D eigenvalue weighted by Crippen LogP contribution is 2.15. The molecule has 0 saturated carbocycles. The maximum Gasteiger partial charge on any atom is 0.124 e. The van der Waals surface area contributed by atoms with Crippen molar-refractivity contribution < 1.29 is 5.11 Å². The van der Waals surface area contributed by atoms with Gasteiger partial charge >= 0.3 is 0 Å². The van der Waals surface area contributed by atoms with Crippen LogP contribution in [0.3, 0.4) is 0 Å². The Kier molecular flexibility index (Phi) is 3.59. The fraction of sp³-hybridized carbons (Fsp3) is 0.200. The highest BCUT2D eigenvalue weighted by molar-refractivity contribution is 7.80. The number of hydrogen-bond donors (Lipinski definition) is 2. The van der Waals surface area contributed by atoms with Crippen LogP contribution in [0.1, 0.15) is 19.4 Å². The molecule has 0 bridgehead atoms. The molecule has 74 valence electrons. The average Bonchev–Trinajstić information content (AvgIpc) is 2.15. The van der Waals surface area contributed by atoms with Gasteiger partial charge in [-0.25, -0.2) is 0 Å². The molecule has 0 heterocycles. The number of phenols is 1. The molecule has 0 aromatic heterocycles. The Morgan fingerprint density at radius 2 is 2.00 bits per heavy atom. The van der Waals surface area contributed by atoms with E-state index in [-0.39, 0.29) is 5.75 Å². The Hall–Kier alpha value is -1.42. The number of benzene rings is 1. The lowest BCUT2D eigenvalue weighted by Crippen LogP contribution is -2.13. The van der Waals surface area contributed by atoms with Crippen LogP contribution in [0.25, 0.3) is 0 Å². The van der Waals surface area contributed by atoms with Gasteiger partial charge in [-0.15, -0.1) is 0 Å². The van der Waals surface area contributed by atoms with Crippen LogP contribution >= 0.6 is 12.2 Å². The zero-order chi connectivity index (χ0) is 10.6. The Balaban J connectivity index is 2.89. The summed E-state index contributed by atoms with van der Waals surface area (Å²) in [5.41, 5.74) is 4.09. The van der Waals surface area contributed by atoms with Crippen molar-refractivity contribution in [3.8, 4) is 5.75 Å². The first-order valence-corrected chi connectivity index (χ1v) is 4.61. The molecule has 2 N–H and O–H groups in total. The number of para-hydroxylation sites is 1. The summed E-state index contributed by atoms with van der Waals surface area (Å²) < 4.78 is 0. The van der Waals surface area contributed by atoms with Crippen molar-refractivity contribution in [1.82, 2.24) is 5.43 Å². The number of thiocarbonyl (C=S) groups is 1. The SMILES string of the molecule is CC(=S)N/N=C(\C)c1ccccc1O. The minimum atomic E-state index is 0.220. The Morgan fingerprint density at radius 3 is 2.57 bits per heavy atom. The fourth-order valence-corrected chi connectivity index (χ4v) is 1.05. The second kappa shape index (κ2) is 4.72. The number of rotatable bonds is 2. The van der Waals surface area contributed by atoms with Crippen LogP contribution in [0.5, 0.6) is 5.75 Å². The average molecular weight is 208 g/mol. The third-order valence-corrected chi connectivity index (χ3v) is 1.77. The summed E-state index contributed by atoms with van der Waals surface area (Å²) in [5, 5.41) is 13.5. The van der Waals surface area contributed by atoms with Crippen LogP contribution in [0.15, 0.2) is 29.4 Å². The predicted octanol–water partition coefficient (Wildman–Crippen LogP) is 2.05. The molecule has 1 aromatic rings. The van der Waals surface area contributed by atoms with Gasteiger partial charge in [-0.1, -0.05) is 24.4 Å². The summed E-state index contributed by atoms with van der Waals surface area (Å²) >= 11 is 4.82. The molecule has 1 aromatic carbocycles. The number of hydrazone groups is 1. The molecule has 0 amide bonds. The summed E-state index contributed by atoms with van der Waals surface area (Å²) in [6.45, 7) is 3.55. The lowest BCUT2D eigenvalue weighted by Gasteiger charge is -2.03. The molecule has 0 atom stereocenters. The van der Waals surface area contributed by atoms with Gasteiger partial charge < -0.3 is 5.11 Å². The second-order valence-electron chi connectivity index (χ2n) is 2.88. The third-order valence-electron chi connectivity index (χ3n) is 1.67. The third kappa shape index (κ3) is 2.81. The van der Waals surface area contributed by atoms with Crippen LogP contribution < -0.4 is 5.43 Å². The van der Waals surface area contributed by atoms with Gasteiger partial charge in [0, 0.05) is 5.56 Å². The smallest absolute Gasteiger partial charge is 0.124 e. The molecule has 0 aliphatic carbocycles. The molecule has 0 aliphatic heterocycles. The molecule has 0 unspecified atom stereocenters. The zero-order valence-electron chi connectivity index (χ0n) is 8.11. The van der Waals surface area contributed by atoms with Crippen molar-refractivity contribution >= 4 is 22.9 Å². The highest BCUT2D eigenvalue weighted by atomic mass is 32.1. The predicted molar refractivity (Wildman–Crippen MR) is 61.7 cm³/mol. The first kappa shape index (κ1) is 10.7. The van der Waals surface area contributed by atoms with Crippen LogP contribution in [0.2, 0.25) is 0 Å². The summed E-state index contributed by atoms with van der Waals surface area (Å²) in [6.07, 6.45) is 0. The van der Waals surface area contributed by atoms with Crippen LogP contribution in [-0.4, -0.2) is 15.8 Å². The number of nitrogens with zero attached hydrogens (tertiary/aromatic N) is 1. The molecule has 0 saturated heterocycles. The topological polar surface area (TPSA) is 44.6 Å². The van der Waals surface area contributed by atoms with E-state index in [1.54, 1.807) is 32.0 Å². The van der Waals surface area contributed by atoms with E-state index in [1.165, 1.54) is 0 Å². The van der Waals surface area contributed by atoms with E-state index < -0.39 is 0 Å². The fourth-order valence-electron chi connectivity index (χ4n) is 1.00. The quantitative estimate of drug-likeness (QED) is 0.444. The van der Waals surface area contributed by atoms with Gasteiger partial charge in [0.25, 0.3) is 0 Å². The van der Waals surface area contributed by atoms with Gasteiger partial charge in [0.05, 0.1) is 10.7 Å². The van der Waals surface area contributed by atoms with E-state index >= 15 is 0 Å². The van der Waals surface area contributed by atoms with Gasteiger partial charge in [0.1, 0.15) is 5.75 Å². The molecule has 0 radical (unpaired) electrons. The minimum Gasteiger partial charge on any atom is -0.507 e. The standard InChI is InChI=1S/C10H12N2OS/c1-7(11-12-8(2)14)9-5-3-4-6-10(9)13/h3-6,13H,1-2H3,(H,12,14)/b11-7+. The van der Waals surface area contributed by atoms with E-state index in [0.717, 1.165) is 0 Å². The van der Waals surface area contributed by atoms with E-state index in [2.05, 4.69) is 10.5 Å². The Labute approximate surface area is 88.5 Å². The summed E-state index contributed by atoms with van der Waals surface area (Å²) in [6, 6.07) is 7.04. The second-order valence-corrected chi connectivity index (χ2v) is 3.49. The number of phenolic OH excluding ortho intramolecular Hbond substituents is 1. The molecular formula is C10H12N2OS. The molecule has 1 rings (SSSR count). The summed E-state index contributed by atoms with van der Waals surface area (Å²) in [7, 11) is 0. The van der Waals surface area contributed by atoms with Crippen molar-refractivity contribution in [3.63, 3.8) is 0 Å². The Morgan fingerprint density at radius 1 is 1.36 bits per heavy atom. The van der Waals surface area contributed by atoms with Crippen molar-refractivity contribution in [2.24, 2.45) is 5.10 Å². The van der Waals surface area contributed by atoms with Crippen molar-refractivity contribution in [2.75, 3.05) is 0 Å². The summed E-state index contributed by atoms with van der Waals surface area (Å²) in [4.78, 5) is 0.597. The lowest BCUT2D eigenvalue weighted by molar-refractivity contribution is 0.474. The van der Waals surface area contributed by atoms with E-state index in [1.807, 2.05) is 6.07 Å². The van der Waals surface area contributed by atoms with Gasteiger partial charge in [-0.3, -0.25) is 5.43 Å². The number of nitrogens with one attached hydrogen (secondary N) is 1. The van der Waals surface area contributed by atoms with Gasteiger partial charge in [0.2, 0.25) is 0 Å². The van der Waals surface area contributed by atoms with Gasteiger partial charge in [-0.2, -0.15) is 5.10 Å². The van der Waals surface area contributed by atoms with Crippen molar-refractivity contribution in [1.29, 1.82) is 0 Å². The molecule has 0 aliphatic rings. The zero-order valence-corrected chi connectivity index (χ0v) is 8.93. The highest BCUT2D eigenvalue weighted by Gasteiger charge is 2.02. The monoisotopic (exact) mass is 208 g/mol. The summed E-state index contributed by atoms with van der Waals surface area (Å²) in [5.74, 6) is 0.220. The molecule has 14 heavy (non-hydrogen) atoms. The number of hydrogen-bond acceptors (Lipinski definition) is 3. The Bertz CT molecular complexity index is 374. The molecular weight excluding hydrogens is 196 g/mol. The van der Waals surface area contributed by atoms with Crippen LogP contribution in [0, 0.1) is 0 Å². The normalized spacial score (nSPS) is 11.1. The first-order valence-electron chi connectivity index (χ1n) is 4.20. The largest absolute Gasteiger partial charge is 0.507 e. The van der Waals surface area contributed by atoms with E-state index in [0.29, 0.717) is 16.3 Å². The van der Waals surface area contributed by atoms with Crippen molar-refractivity contribution in [3.05, 3.63) is 29.8 Å². The van der Waals surface area contributed by atoms with Crippen molar-refractivity contribution in [2.45, 2.75) is 13.8 Å². The molecule has 0 fully saturated rings. The first-order chi connectivity index (χ1) is 6.61. The maximum absolute atomic E-state index is 9.50. The van der Waals surface area contributed by atoms with E-state index in [4.69, 9.17) is 12.2 Å².